The normalized spacial score (nSPS) is 15.0. The van der Waals surface area contributed by atoms with Crippen LogP contribution in [0.4, 0.5) is 14.5 Å². The number of nitrogens with zero attached hydrogens (tertiary/aromatic N) is 2. The van der Waals surface area contributed by atoms with Crippen molar-refractivity contribution in [2.75, 3.05) is 23.1 Å². The van der Waals surface area contributed by atoms with Crippen LogP contribution in [0.25, 0.3) is 0 Å². The van der Waals surface area contributed by atoms with Gasteiger partial charge in [0.1, 0.15) is 11.6 Å². The lowest BCUT2D eigenvalue weighted by Gasteiger charge is -2.49. The van der Waals surface area contributed by atoms with Crippen LogP contribution in [0.2, 0.25) is 10.0 Å². The average molecular weight is 511 g/mol. The average Bonchev–Trinajstić information content (AvgIpc) is 2.73. The number of anilines is 1. The van der Waals surface area contributed by atoms with Gasteiger partial charge >= 0.3 is 0 Å². The molecule has 0 bridgehead atoms. The lowest BCUT2D eigenvalue weighted by Crippen LogP contribution is -2.62. The number of hydrogen-bond acceptors (Lipinski definition) is 3. The molecule has 1 heterocycles. The summed E-state index contributed by atoms with van der Waals surface area (Å²) in [6.07, 6.45) is 0. The van der Waals surface area contributed by atoms with Gasteiger partial charge in [0.25, 0.3) is 0 Å². The number of rotatable bonds is 7. The minimum atomic E-state index is -3.76. The molecule has 1 fully saturated rings. The predicted octanol–water partition coefficient (Wildman–Crippen LogP) is 5.90. The molecule has 1 aliphatic rings. The van der Waals surface area contributed by atoms with Gasteiger partial charge in [0.15, 0.2) is 0 Å². The maximum atomic E-state index is 13.9. The van der Waals surface area contributed by atoms with E-state index >= 15 is 0 Å². The molecule has 174 valence electrons. The van der Waals surface area contributed by atoms with E-state index in [9.17, 15) is 17.2 Å². The SMILES string of the molecule is CCS(=O)(=O)N(c1cc(F)cc(F)c1)C1CN(C(c2ccc(Cl)cc2)c2ccc(Cl)cc2)C1. The summed E-state index contributed by atoms with van der Waals surface area (Å²) in [5.74, 6) is -1.82. The first-order valence-corrected chi connectivity index (χ1v) is 12.8. The Morgan fingerprint density at radius 2 is 1.36 bits per heavy atom. The van der Waals surface area contributed by atoms with Gasteiger partial charge in [0.05, 0.1) is 23.5 Å². The van der Waals surface area contributed by atoms with Gasteiger partial charge < -0.3 is 0 Å². The standard InChI is InChI=1S/C24H22Cl2F2N2O2S/c1-2-33(31,32)30(22-12-20(27)11-21(28)13-22)23-14-29(15-23)24(16-3-7-18(25)8-4-16)17-5-9-19(26)10-6-17/h3-13,23-24H,2,14-15H2,1H3. The van der Waals surface area contributed by atoms with E-state index in [1.54, 1.807) is 24.3 Å². The molecule has 0 atom stereocenters. The molecule has 0 N–H and O–H groups in total. The fourth-order valence-electron chi connectivity index (χ4n) is 4.16. The molecule has 33 heavy (non-hydrogen) atoms. The Morgan fingerprint density at radius 1 is 0.909 bits per heavy atom. The van der Waals surface area contributed by atoms with Crippen molar-refractivity contribution < 1.29 is 17.2 Å². The van der Waals surface area contributed by atoms with Gasteiger partial charge in [-0.1, -0.05) is 47.5 Å². The van der Waals surface area contributed by atoms with Gasteiger partial charge in [0.2, 0.25) is 10.0 Å². The third kappa shape index (κ3) is 5.17. The van der Waals surface area contributed by atoms with Gasteiger partial charge in [-0.05, 0) is 54.4 Å². The van der Waals surface area contributed by atoms with E-state index in [4.69, 9.17) is 23.2 Å². The summed E-state index contributed by atoms with van der Waals surface area (Å²) in [7, 11) is -3.76. The minimum Gasteiger partial charge on any atom is -0.288 e. The summed E-state index contributed by atoms with van der Waals surface area (Å²) in [6, 6.07) is 17.1. The highest BCUT2D eigenvalue weighted by Gasteiger charge is 2.41. The van der Waals surface area contributed by atoms with E-state index in [1.165, 1.54) is 6.92 Å². The van der Waals surface area contributed by atoms with Crippen molar-refractivity contribution in [2.45, 2.75) is 19.0 Å². The van der Waals surface area contributed by atoms with Crippen LogP contribution in [-0.2, 0) is 10.0 Å². The van der Waals surface area contributed by atoms with Crippen molar-refractivity contribution in [1.29, 1.82) is 0 Å². The van der Waals surface area contributed by atoms with Crippen LogP contribution < -0.4 is 4.31 Å². The van der Waals surface area contributed by atoms with E-state index in [0.717, 1.165) is 33.6 Å². The Balaban J connectivity index is 1.66. The van der Waals surface area contributed by atoms with Crippen LogP contribution in [0.1, 0.15) is 24.1 Å². The summed E-state index contributed by atoms with van der Waals surface area (Å²) in [5, 5.41) is 1.23. The second kappa shape index (κ2) is 9.58. The molecular formula is C24H22Cl2F2N2O2S. The number of hydrogen-bond donors (Lipinski definition) is 0. The van der Waals surface area contributed by atoms with Crippen LogP contribution in [0.3, 0.4) is 0 Å². The molecule has 1 aliphatic heterocycles. The third-order valence-corrected chi connectivity index (χ3v) is 8.07. The summed E-state index contributed by atoms with van der Waals surface area (Å²) in [6.45, 7) is 2.28. The molecular weight excluding hydrogens is 489 g/mol. The molecule has 0 aliphatic carbocycles. The molecule has 0 radical (unpaired) electrons. The van der Waals surface area contributed by atoms with E-state index in [-0.39, 0.29) is 17.5 Å². The molecule has 0 saturated carbocycles. The molecule has 4 nitrogen and oxygen atoms in total. The largest absolute Gasteiger partial charge is 0.288 e. The molecule has 0 amide bonds. The van der Waals surface area contributed by atoms with Crippen LogP contribution in [0.15, 0.2) is 66.7 Å². The van der Waals surface area contributed by atoms with E-state index in [0.29, 0.717) is 23.1 Å². The van der Waals surface area contributed by atoms with Gasteiger partial charge in [-0.2, -0.15) is 0 Å². The fourth-order valence-corrected chi connectivity index (χ4v) is 5.70. The van der Waals surface area contributed by atoms with Crippen LogP contribution in [-0.4, -0.2) is 38.2 Å². The zero-order chi connectivity index (χ0) is 23.8. The summed E-state index contributed by atoms with van der Waals surface area (Å²) in [4.78, 5) is 2.12. The molecule has 0 unspecified atom stereocenters. The second-order valence-corrected chi connectivity index (χ2v) is 10.9. The quantitative estimate of drug-likeness (QED) is 0.397. The Bertz CT molecular complexity index is 1170. The van der Waals surface area contributed by atoms with E-state index < -0.39 is 27.7 Å². The highest BCUT2D eigenvalue weighted by molar-refractivity contribution is 7.92. The van der Waals surface area contributed by atoms with Crippen molar-refractivity contribution in [3.05, 3.63) is 99.5 Å². The summed E-state index contributed by atoms with van der Waals surface area (Å²) in [5.41, 5.74) is 1.97. The lowest BCUT2D eigenvalue weighted by molar-refractivity contribution is 0.116. The minimum absolute atomic E-state index is 0.00599. The maximum absolute atomic E-state index is 13.9. The number of benzene rings is 3. The smallest absolute Gasteiger partial charge is 0.235 e. The second-order valence-electron chi connectivity index (χ2n) is 7.94. The zero-order valence-electron chi connectivity index (χ0n) is 17.8. The van der Waals surface area contributed by atoms with Gasteiger partial charge in [-0.15, -0.1) is 0 Å². The highest BCUT2D eigenvalue weighted by Crippen LogP contribution is 2.37. The van der Waals surface area contributed by atoms with Crippen molar-refractivity contribution in [3.63, 3.8) is 0 Å². The summed E-state index contributed by atoms with van der Waals surface area (Å²) >= 11 is 12.1. The first-order chi connectivity index (χ1) is 15.7. The molecule has 0 spiro atoms. The molecule has 4 rings (SSSR count). The van der Waals surface area contributed by atoms with Crippen molar-refractivity contribution >= 4 is 38.9 Å². The molecule has 0 aromatic heterocycles. The maximum Gasteiger partial charge on any atom is 0.235 e. The Morgan fingerprint density at radius 3 is 1.79 bits per heavy atom. The zero-order valence-corrected chi connectivity index (χ0v) is 20.1. The van der Waals surface area contributed by atoms with Gasteiger partial charge in [-0.25, -0.2) is 17.2 Å². The lowest BCUT2D eigenvalue weighted by atomic mass is 9.93. The first kappa shape index (κ1) is 24.0. The Hall–Kier alpha value is -2.19. The van der Waals surface area contributed by atoms with E-state index in [1.807, 2.05) is 24.3 Å². The molecule has 1 saturated heterocycles. The number of halogens is 4. The highest BCUT2D eigenvalue weighted by atomic mass is 35.5. The Kier molecular flexibility index (Phi) is 6.96. The van der Waals surface area contributed by atoms with Gasteiger partial charge in [0, 0.05) is 29.2 Å². The van der Waals surface area contributed by atoms with Crippen molar-refractivity contribution in [1.82, 2.24) is 4.90 Å². The first-order valence-electron chi connectivity index (χ1n) is 10.4. The van der Waals surface area contributed by atoms with Crippen LogP contribution >= 0.6 is 23.2 Å². The molecule has 3 aromatic carbocycles. The molecule has 3 aromatic rings. The predicted molar refractivity (Wildman–Crippen MR) is 128 cm³/mol. The topological polar surface area (TPSA) is 40.6 Å². The third-order valence-electron chi connectivity index (χ3n) is 5.73. The van der Waals surface area contributed by atoms with Crippen molar-refractivity contribution in [2.24, 2.45) is 0 Å². The number of sulfonamides is 1. The molecule has 9 heteroatoms. The van der Waals surface area contributed by atoms with Crippen LogP contribution in [0.5, 0.6) is 0 Å². The van der Waals surface area contributed by atoms with Gasteiger partial charge in [-0.3, -0.25) is 9.21 Å². The van der Waals surface area contributed by atoms with Crippen LogP contribution in [0, 0.1) is 11.6 Å². The van der Waals surface area contributed by atoms with E-state index in [2.05, 4.69) is 4.90 Å². The Labute approximate surface area is 202 Å². The fraction of sp³-hybridized carbons (Fsp3) is 0.250. The summed E-state index contributed by atoms with van der Waals surface area (Å²) < 4.78 is 54.7. The van der Waals surface area contributed by atoms with Crippen molar-refractivity contribution in [3.8, 4) is 0 Å². The monoisotopic (exact) mass is 510 g/mol. The number of likely N-dealkylation sites (tertiary alicyclic amines) is 1.